The van der Waals surface area contributed by atoms with Crippen LogP contribution in [-0.4, -0.2) is 25.6 Å². The number of ether oxygens (including phenoxy) is 1. The SMILES string of the molecule is CC(N)CCCc1ccc2c(c1)N(C)C(=O)CO2. The minimum absolute atomic E-state index is 0.00442. The van der Waals surface area contributed by atoms with Gasteiger partial charge in [0.05, 0.1) is 5.69 Å². The summed E-state index contributed by atoms with van der Waals surface area (Å²) in [6, 6.07) is 6.28. The third-order valence-electron chi connectivity index (χ3n) is 3.23. The highest BCUT2D eigenvalue weighted by atomic mass is 16.5. The largest absolute Gasteiger partial charge is 0.482 e. The van der Waals surface area contributed by atoms with Crippen molar-refractivity contribution < 1.29 is 9.53 Å². The molecular weight excluding hydrogens is 228 g/mol. The fourth-order valence-corrected chi connectivity index (χ4v) is 2.10. The molecule has 0 saturated carbocycles. The number of hydrogen-bond acceptors (Lipinski definition) is 3. The van der Waals surface area contributed by atoms with Gasteiger partial charge in [-0.2, -0.15) is 0 Å². The predicted octanol–water partition coefficient (Wildman–Crippen LogP) is 1.71. The monoisotopic (exact) mass is 248 g/mol. The summed E-state index contributed by atoms with van der Waals surface area (Å²) in [7, 11) is 1.79. The van der Waals surface area contributed by atoms with E-state index in [1.165, 1.54) is 5.56 Å². The van der Waals surface area contributed by atoms with E-state index in [9.17, 15) is 4.79 Å². The average molecular weight is 248 g/mol. The van der Waals surface area contributed by atoms with E-state index in [2.05, 4.69) is 6.07 Å². The maximum Gasteiger partial charge on any atom is 0.264 e. The number of amides is 1. The van der Waals surface area contributed by atoms with Crippen LogP contribution >= 0.6 is 0 Å². The first-order chi connectivity index (χ1) is 8.58. The second-order valence-corrected chi connectivity index (χ2v) is 4.91. The molecule has 4 nitrogen and oxygen atoms in total. The van der Waals surface area contributed by atoms with Crippen molar-refractivity contribution >= 4 is 11.6 Å². The van der Waals surface area contributed by atoms with Gasteiger partial charge in [-0.15, -0.1) is 0 Å². The molecule has 18 heavy (non-hydrogen) atoms. The van der Waals surface area contributed by atoms with Crippen LogP contribution in [0.3, 0.4) is 0 Å². The Balaban J connectivity index is 2.08. The van der Waals surface area contributed by atoms with Crippen molar-refractivity contribution in [3.63, 3.8) is 0 Å². The minimum Gasteiger partial charge on any atom is -0.482 e. The van der Waals surface area contributed by atoms with Crippen LogP contribution in [0.4, 0.5) is 5.69 Å². The van der Waals surface area contributed by atoms with E-state index < -0.39 is 0 Å². The van der Waals surface area contributed by atoms with Crippen LogP contribution in [0.1, 0.15) is 25.3 Å². The average Bonchev–Trinajstić information content (AvgIpc) is 2.34. The van der Waals surface area contributed by atoms with Crippen molar-refractivity contribution in [2.45, 2.75) is 32.2 Å². The number of aryl methyl sites for hydroxylation is 1. The Kier molecular flexibility index (Phi) is 3.87. The van der Waals surface area contributed by atoms with Gasteiger partial charge in [0.2, 0.25) is 0 Å². The van der Waals surface area contributed by atoms with Gasteiger partial charge in [0.25, 0.3) is 5.91 Å². The molecule has 1 heterocycles. The quantitative estimate of drug-likeness (QED) is 0.882. The van der Waals surface area contributed by atoms with E-state index in [1.54, 1.807) is 11.9 Å². The van der Waals surface area contributed by atoms with E-state index in [4.69, 9.17) is 10.5 Å². The van der Waals surface area contributed by atoms with E-state index >= 15 is 0 Å². The molecule has 4 heteroatoms. The molecule has 1 amide bonds. The molecule has 1 aliphatic rings. The number of carbonyl (C=O) groups excluding carboxylic acids is 1. The molecule has 2 N–H and O–H groups in total. The molecule has 1 aromatic rings. The second kappa shape index (κ2) is 5.40. The van der Waals surface area contributed by atoms with Crippen LogP contribution in [0, 0.1) is 0 Å². The molecule has 98 valence electrons. The Bertz CT molecular complexity index is 443. The molecule has 1 unspecified atom stereocenters. The topological polar surface area (TPSA) is 55.6 Å². The van der Waals surface area contributed by atoms with Crippen molar-refractivity contribution in [1.29, 1.82) is 0 Å². The molecule has 0 aliphatic carbocycles. The van der Waals surface area contributed by atoms with Gasteiger partial charge in [-0.3, -0.25) is 4.79 Å². The molecule has 0 radical (unpaired) electrons. The number of hydrogen-bond donors (Lipinski definition) is 1. The summed E-state index contributed by atoms with van der Waals surface area (Å²) >= 11 is 0. The van der Waals surface area contributed by atoms with Gasteiger partial charge in [0, 0.05) is 13.1 Å². The minimum atomic E-state index is -0.00442. The molecule has 1 aliphatic heterocycles. The lowest BCUT2D eigenvalue weighted by Gasteiger charge is -2.26. The number of carbonyl (C=O) groups is 1. The summed E-state index contributed by atoms with van der Waals surface area (Å²) in [6.07, 6.45) is 3.06. The standard InChI is InChI=1S/C14H20N2O2/c1-10(15)4-3-5-11-6-7-13-12(8-11)16(2)14(17)9-18-13/h6-8,10H,3-5,9,15H2,1-2H3. The zero-order chi connectivity index (χ0) is 13.1. The van der Waals surface area contributed by atoms with Crippen molar-refractivity contribution in [3.8, 4) is 5.75 Å². The van der Waals surface area contributed by atoms with Crippen LogP contribution in [0.15, 0.2) is 18.2 Å². The van der Waals surface area contributed by atoms with Crippen LogP contribution in [0.5, 0.6) is 5.75 Å². The zero-order valence-corrected chi connectivity index (χ0v) is 11.0. The molecule has 0 spiro atoms. The van der Waals surface area contributed by atoms with Gasteiger partial charge in [-0.1, -0.05) is 6.07 Å². The smallest absolute Gasteiger partial charge is 0.264 e. The van der Waals surface area contributed by atoms with Gasteiger partial charge in [-0.05, 0) is 43.9 Å². The maximum absolute atomic E-state index is 11.6. The summed E-state index contributed by atoms with van der Waals surface area (Å²) in [4.78, 5) is 13.2. The maximum atomic E-state index is 11.6. The van der Waals surface area contributed by atoms with Crippen molar-refractivity contribution in [3.05, 3.63) is 23.8 Å². The van der Waals surface area contributed by atoms with Gasteiger partial charge in [0.15, 0.2) is 6.61 Å². The van der Waals surface area contributed by atoms with Crippen molar-refractivity contribution in [2.75, 3.05) is 18.6 Å². The van der Waals surface area contributed by atoms with E-state index in [-0.39, 0.29) is 18.6 Å². The number of anilines is 1. The highest BCUT2D eigenvalue weighted by Gasteiger charge is 2.22. The van der Waals surface area contributed by atoms with Gasteiger partial charge < -0.3 is 15.4 Å². The third-order valence-corrected chi connectivity index (χ3v) is 3.23. The molecule has 1 atom stereocenters. The third kappa shape index (κ3) is 2.82. The van der Waals surface area contributed by atoms with Crippen LogP contribution < -0.4 is 15.4 Å². The van der Waals surface area contributed by atoms with Crippen LogP contribution in [0.2, 0.25) is 0 Å². The second-order valence-electron chi connectivity index (χ2n) is 4.91. The lowest BCUT2D eigenvalue weighted by atomic mass is 10.0. The lowest BCUT2D eigenvalue weighted by Crippen LogP contribution is -2.35. The highest BCUT2D eigenvalue weighted by molar-refractivity contribution is 5.97. The Morgan fingerprint density at radius 2 is 2.28 bits per heavy atom. The van der Waals surface area contributed by atoms with E-state index in [1.807, 2.05) is 19.1 Å². The summed E-state index contributed by atoms with van der Waals surface area (Å²) < 4.78 is 5.39. The highest BCUT2D eigenvalue weighted by Crippen LogP contribution is 2.32. The molecular formula is C14H20N2O2. The van der Waals surface area contributed by atoms with Crippen LogP contribution in [-0.2, 0) is 11.2 Å². The Hall–Kier alpha value is -1.55. The Labute approximate surface area is 108 Å². The first kappa shape index (κ1) is 12.9. The zero-order valence-electron chi connectivity index (χ0n) is 11.0. The number of rotatable bonds is 4. The Morgan fingerprint density at radius 3 is 3.00 bits per heavy atom. The number of benzene rings is 1. The number of nitrogens with two attached hydrogens (primary N) is 1. The molecule has 0 aromatic heterocycles. The molecule has 2 rings (SSSR count). The predicted molar refractivity (Wildman–Crippen MR) is 71.9 cm³/mol. The molecule has 1 aromatic carbocycles. The number of nitrogens with zero attached hydrogens (tertiary/aromatic N) is 1. The fourth-order valence-electron chi connectivity index (χ4n) is 2.10. The summed E-state index contributed by atoms with van der Waals surface area (Å²) in [6.45, 7) is 2.15. The van der Waals surface area contributed by atoms with Gasteiger partial charge >= 0.3 is 0 Å². The summed E-state index contributed by atoms with van der Waals surface area (Å²) in [5.74, 6) is 0.781. The van der Waals surface area contributed by atoms with Gasteiger partial charge in [-0.25, -0.2) is 0 Å². The van der Waals surface area contributed by atoms with Gasteiger partial charge in [0.1, 0.15) is 5.75 Å². The molecule has 0 saturated heterocycles. The lowest BCUT2D eigenvalue weighted by molar-refractivity contribution is -0.120. The summed E-state index contributed by atoms with van der Waals surface area (Å²) in [5.41, 5.74) is 7.82. The first-order valence-corrected chi connectivity index (χ1v) is 6.36. The number of fused-ring (bicyclic) bond motifs is 1. The van der Waals surface area contributed by atoms with Crippen molar-refractivity contribution in [1.82, 2.24) is 0 Å². The normalized spacial score (nSPS) is 16.2. The number of likely N-dealkylation sites (N-methyl/N-ethyl adjacent to an activating group) is 1. The van der Waals surface area contributed by atoms with E-state index in [0.717, 1.165) is 30.7 Å². The fraction of sp³-hybridized carbons (Fsp3) is 0.500. The van der Waals surface area contributed by atoms with Crippen molar-refractivity contribution in [2.24, 2.45) is 5.73 Å². The van der Waals surface area contributed by atoms with E-state index in [0.29, 0.717) is 0 Å². The summed E-state index contributed by atoms with van der Waals surface area (Å²) in [5, 5.41) is 0. The Morgan fingerprint density at radius 1 is 1.50 bits per heavy atom. The van der Waals surface area contributed by atoms with Crippen LogP contribution in [0.25, 0.3) is 0 Å². The molecule has 0 fully saturated rings. The molecule has 0 bridgehead atoms. The first-order valence-electron chi connectivity index (χ1n) is 6.36.